The molecule has 6 rings (SSSR count). The topological polar surface area (TPSA) is 108 Å². The maximum absolute atomic E-state index is 9.32. The quantitative estimate of drug-likeness (QED) is 0.268. The number of nitrogens with zero attached hydrogens (tertiary/aromatic N) is 5. The number of nitrogens with one attached hydrogen (secondary N) is 2. The van der Waals surface area contributed by atoms with Crippen LogP contribution < -0.4 is 0 Å². The van der Waals surface area contributed by atoms with Crippen LogP contribution in [0.5, 0.6) is 0 Å². The second-order valence-electron chi connectivity index (χ2n) is 10.3. The third kappa shape index (κ3) is 5.16. The fraction of sp³-hybridized carbons (Fsp3) is 0.212. The van der Waals surface area contributed by atoms with E-state index in [4.69, 9.17) is 0 Å². The number of H-pyrrole nitrogens is 2. The highest BCUT2D eigenvalue weighted by atomic mass is 15.2. The first-order valence-corrected chi connectivity index (χ1v) is 13.5. The monoisotopic (exact) mass is 523 g/mol. The minimum absolute atomic E-state index is 0.0418. The van der Waals surface area contributed by atoms with Crippen LogP contribution in [0.3, 0.4) is 0 Å². The van der Waals surface area contributed by atoms with E-state index in [2.05, 4.69) is 85.5 Å². The molecule has 0 radical (unpaired) electrons. The summed E-state index contributed by atoms with van der Waals surface area (Å²) < 4.78 is 0. The molecule has 0 saturated carbocycles. The first-order chi connectivity index (χ1) is 19.7. The molecule has 0 bridgehead atoms. The van der Waals surface area contributed by atoms with E-state index in [-0.39, 0.29) is 18.0 Å². The van der Waals surface area contributed by atoms with Crippen LogP contribution in [-0.2, 0) is 19.3 Å². The number of rotatable bonds is 8. The van der Waals surface area contributed by atoms with E-state index >= 15 is 0 Å². The molecule has 3 unspecified atom stereocenters. The van der Waals surface area contributed by atoms with Gasteiger partial charge in [-0.1, -0.05) is 48.5 Å². The van der Waals surface area contributed by atoms with Crippen molar-refractivity contribution in [3.63, 3.8) is 0 Å². The van der Waals surface area contributed by atoms with E-state index in [9.17, 15) is 10.5 Å². The maximum atomic E-state index is 9.32. The summed E-state index contributed by atoms with van der Waals surface area (Å²) in [5, 5.41) is 18.6. The molecule has 1 aliphatic heterocycles. The number of aromatic nitrogens is 4. The van der Waals surface area contributed by atoms with Crippen molar-refractivity contribution in [3.05, 3.63) is 143 Å². The van der Waals surface area contributed by atoms with Crippen LogP contribution in [0.25, 0.3) is 0 Å². The predicted molar refractivity (Wildman–Crippen MR) is 152 cm³/mol. The molecular weight excluding hydrogens is 494 g/mol. The van der Waals surface area contributed by atoms with E-state index in [0.29, 0.717) is 11.1 Å². The molecule has 3 aromatic carbocycles. The number of aromatic amines is 2. The first kappa shape index (κ1) is 25.3. The zero-order chi connectivity index (χ0) is 27.3. The Morgan fingerprint density at radius 3 is 1.98 bits per heavy atom. The Kier molecular flexibility index (Phi) is 7.22. The smallest absolute Gasteiger partial charge is 0.0991 e. The molecule has 0 saturated heterocycles. The molecule has 2 N–H and O–H groups in total. The number of hydrogen-bond donors (Lipinski definition) is 2. The molecule has 0 amide bonds. The SMILES string of the molecule is N#Cc1ccc(CC(c2cnc[nH]2)C2c3ccccc3CCN2C(Cc2ccc(C#N)cc2)c2cnc[nH]2)cc1. The van der Waals surface area contributed by atoms with E-state index in [0.717, 1.165) is 37.2 Å². The summed E-state index contributed by atoms with van der Waals surface area (Å²) in [6.07, 6.45) is 9.89. The van der Waals surface area contributed by atoms with Gasteiger partial charge in [0.25, 0.3) is 0 Å². The van der Waals surface area contributed by atoms with E-state index in [1.165, 1.54) is 22.3 Å². The van der Waals surface area contributed by atoms with Gasteiger partial charge in [0.2, 0.25) is 0 Å². The summed E-state index contributed by atoms with van der Waals surface area (Å²) in [5.74, 6) is 0.0864. The van der Waals surface area contributed by atoms with Gasteiger partial charge in [0.1, 0.15) is 0 Å². The highest BCUT2D eigenvalue weighted by Gasteiger charge is 2.39. The van der Waals surface area contributed by atoms with Crippen LogP contribution in [0.1, 0.15) is 62.8 Å². The van der Waals surface area contributed by atoms with Crippen molar-refractivity contribution in [2.45, 2.75) is 37.3 Å². The number of nitriles is 2. The molecule has 1 aliphatic rings. The lowest BCUT2D eigenvalue weighted by Gasteiger charge is -2.45. The summed E-state index contributed by atoms with van der Waals surface area (Å²) in [6, 6.07) is 29.1. The van der Waals surface area contributed by atoms with Crippen molar-refractivity contribution in [3.8, 4) is 12.1 Å². The Bertz CT molecular complexity index is 1620. The average molecular weight is 524 g/mol. The highest BCUT2D eigenvalue weighted by molar-refractivity contribution is 5.38. The lowest BCUT2D eigenvalue weighted by atomic mass is 9.79. The molecule has 0 fully saturated rings. The van der Waals surface area contributed by atoms with Crippen molar-refractivity contribution in [2.24, 2.45) is 0 Å². The molecule has 196 valence electrons. The number of imidazole rings is 2. The Balaban J connectivity index is 1.45. The number of fused-ring (bicyclic) bond motifs is 1. The van der Waals surface area contributed by atoms with Gasteiger partial charge in [-0.3, -0.25) is 4.90 Å². The zero-order valence-corrected chi connectivity index (χ0v) is 22.0. The minimum Gasteiger partial charge on any atom is -0.348 e. The third-order valence-corrected chi connectivity index (χ3v) is 8.00. The fourth-order valence-corrected chi connectivity index (χ4v) is 6.04. The van der Waals surface area contributed by atoms with Gasteiger partial charge in [-0.25, -0.2) is 9.97 Å². The summed E-state index contributed by atoms with van der Waals surface area (Å²) >= 11 is 0. The van der Waals surface area contributed by atoms with Crippen LogP contribution in [0.2, 0.25) is 0 Å². The van der Waals surface area contributed by atoms with Crippen LogP contribution in [0.4, 0.5) is 0 Å². The predicted octanol–water partition coefficient (Wildman–Crippen LogP) is 5.79. The molecule has 3 atom stereocenters. The van der Waals surface area contributed by atoms with Crippen LogP contribution >= 0.6 is 0 Å². The minimum atomic E-state index is 0.0418. The van der Waals surface area contributed by atoms with Crippen LogP contribution in [0.15, 0.2) is 97.8 Å². The largest absolute Gasteiger partial charge is 0.348 e. The molecular formula is C33H29N7. The maximum Gasteiger partial charge on any atom is 0.0991 e. The van der Waals surface area contributed by atoms with E-state index in [1.54, 1.807) is 12.7 Å². The standard InChI is InChI=1S/C33H29N7/c34-17-25-9-5-23(6-10-25)15-29(30-19-36-21-38-30)33-28-4-2-1-3-27(28)13-14-40(33)32(31-20-37-22-39-31)16-24-7-11-26(18-35)12-8-24/h1-12,19-22,29,32-33H,13-16H2,(H,36,38)(H,37,39). The zero-order valence-electron chi connectivity index (χ0n) is 22.0. The van der Waals surface area contributed by atoms with Gasteiger partial charge in [-0.15, -0.1) is 0 Å². The molecule has 40 heavy (non-hydrogen) atoms. The van der Waals surface area contributed by atoms with Crippen molar-refractivity contribution in [1.82, 2.24) is 24.8 Å². The van der Waals surface area contributed by atoms with Crippen molar-refractivity contribution in [1.29, 1.82) is 10.5 Å². The second-order valence-corrected chi connectivity index (χ2v) is 10.3. The molecule has 7 nitrogen and oxygen atoms in total. The molecule has 0 spiro atoms. The van der Waals surface area contributed by atoms with Gasteiger partial charge in [0.15, 0.2) is 0 Å². The van der Waals surface area contributed by atoms with Gasteiger partial charge >= 0.3 is 0 Å². The Labute approximate surface area is 233 Å². The molecule has 3 heterocycles. The van der Waals surface area contributed by atoms with Gasteiger partial charge in [0, 0.05) is 36.6 Å². The van der Waals surface area contributed by atoms with Gasteiger partial charge < -0.3 is 9.97 Å². The van der Waals surface area contributed by atoms with Crippen molar-refractivity contribution in [2.75, 3.05) is 6.54 Å². The third-order valence-electron chi connectivity index (χ3n) is 8.00. The van der Waals surface area contributed by atoms with Gasteiger partial charge in [0.05, 0.1) is 47.7 Å². The van der Waals surface area contributed by atoms with Gasteiger partial charge in [-0.05, 0) is 65.8 Å². The molecule has 7 heteroatoms. The summed E-state index contributed by atoms with van der Waals surface area (Å²) in [4.78, 5) is 18.2. The van der Waals surface area contributed by atoms with E-state index < -0.39 is 0 Å². The van der Waals surface area contributed by atoms with Crippen LogP contribution in [-0.4, -0.2) is 31.4 Å². The lowest BCUT2D eigenvalue weighted by molar-refractivity contribution is 0.0977. The molecule has 5 aromatic rings. The van der Waals surface area contributed by atoms with E-state index in [1.807, 2.05) is 36.7 Å². The van der Waals surface area contributed by atoms with Gasteiger partial charge in [-0.2, -0.15) is 10.5 Å². The number of benzene rings is 3. The summed E-state index contributed by atoms with van der Waals surface area (Å²) in [6.45, 7) is 0.889. The first-order valence-electron chi connectivity index (χ1n) is 13.5. The van der Waals surface area contributed by atoms with Crippen LogP contribution in [0, 0.1) is 22.7 Å². The lowest BCUT2D eigenvalue weighted by Crippen LogP contribution is -2.42. The molecule has 0 aliphatic carbocycles. The highest BCUT2D eigenvalue weighted by Crippen LogP contribution is 2.45. The fourth-order valence-electron chi connectivity index (χ4n) is 6.04. The van der Waals surface area contributed by atoms with Crippen molar-refractivity contribution >= 4 is 0 Å². The Morgan fingerprint density at radius 1 is 0.775 bits per heavy atom. The molecule has 2 aromatic heterocycles. The Hall–Kier alpha value is -4.98. The summed E-state index contributed by atoms with van der Waals surface area (Å²) in [5.41, 5.74) is 8.50. The van der Waals surface area contributed by atoms with Crippen molar-refractivity contribution < 1.29 is 0 Å². The Morgan fingerprint density at radius 2 is 1.38 bits per heavy atom. The number of hydrogen-bond acceptors (Lipinski definition) is 5. The normalized spacial score (nSPS) is 16.4. The summed E-state index contributed by atoms with van der Waals surface area (Å²) in [7, 11) is 0. The second kappa shape index (κ2) is 11.4. The average Bonchev–Trinajstić information content (AvgIpc) is 3.75.